The Kier molecular flexibility index (Phi) is 3.68. The van der Waals surface area contributed by atoms with Gasteiger partial charge in [-0.1, -0.05) is 6.92 Å². The summed E-state index contributed by atoms with van der Waals surface area (Å²) in [6.07, 6.45) is 1.45. The van der Waals surface area contributed by atoms with Crippen LogP contribution in [-0.4, -0.2) is 23.7 Å². The first-order valence-corrected chi connectivity index (χ1v) is 4.28. The lowest BCUT2D eigenvalue weighted by Gasteiger charge is -2.07. The molecule has 0 bridgehead atoms. The third kappa shape index (κ3) is 2.58. The standard InChI is InChI=1S/C9H11BO4/c1-2-7-5-9(14-10(12)13)4-3-8(7)6-11/h3-6,12-13H,2H2,1H3. The molecule has 1 rings (SSSR count). The predicted octanol–water partition coefficient (Wildman–Crippen LogP) is 0.410. The number of hydrogen-bond acceptors (Lipinski definition) is 4. The average molecular weight is 194 g/mol. The minimum absolute atomic E-state index is 0.336. The highest BCUT2D eigenvalue weighted by Crippen LogP contribution is 2.17. The Morgan fingerprint density at radius 2 is 2.21 bits per heavy atom. The molecule has 0 spiro atoms. The Bertz CT molecular complexity index is 325. The molecule has 0 radical (unpaired) electrons. The molecule has 0 aliphatic carbocycles. The quantitative estimate of drug-likeness (QED) is 0.538. The number of carbonyl (C=O) groups excluding carboxylic acids is 1. The van der Waals surface area contributed by atoms with Crippen LogP contribution < -0.4 is 4.65 Å². The summed E-state index contributed by atoms with van der Waals surface area (Å²) >= 11 is 0. The van der Waals surface area contributed by atoms with Crippen molar-refractivity contribution in [3.05, 3.63) is 29.3 Å². The van der Waals surface area contributed by atoms with Crippen molar-refractivity contribution >= 4 is 13.6 Å². The maximum Gasteiger partial charge on any atom is 0.707 e. The van der Waals surface area contributed by atoms with Crippen LogP contribution in [0.3, 0.4) is 0 Å². The molecule has 0 atom stereocenters. The van der Waals surface area contributed by atoms with Crippen LogP contribution in [0, 0.1) is 0 Å². The van der Waals surface area contributed by atoms with Crippen molar-refractivity contribution in [1.29, 1.82) is 0 Å². The van der Waals surface area contributed by atoms with Crippen LogP contribution in [0.1, 0.15) is 22.8 Å². The molecule has 1 aromatic carbocycles. The van der Waals surface area contributed by atoms with Crippen LogP contribution in [0.25, 0.3) is 0 Å². The van der Waals surface area contributed by atoms with E-state index in [1.807, 2.05) is 6.92 Å². The summed E-state index contributed by atoms with van der Waals surface area (Å²) < 4.78 is 4.65. The Labute approximate surface area is 82.3 Å². The van der Waals surface area contributed by atoms with Crippen molar-refractivity contribution in [2.45, 2.75) is 13.3 Å². The van der Waals surface area contributed by atoms with Crippen molar-refractivity contribution in [3.63, 3.8) is 0 Å². The molecule has 5 heteroatoms. The van der Waals surface area contributed by atoms with Gasteiger partial charge in [-0.25, -0.2) is 0 Å². The third-order valence-electron chi connectivity index (χ3n) is 1.86. The molecule has 0 aliphatic rings. The zero-order valence-electron chi connectivity index (χ0n) is 7.80. The first kappa shape index (κ1) is 10.8. The van der Waals surface area contributed by atoms with E-state index < -0.39 is 7.32 Å². The highest BCUT2D eigenvalue weighted by atomic mass is 16.6. The summed E-state index contributed by atoms with van der Waals surface area (Å²) in [4.78, 5) is 10.6. The van der Waals surface area contributed by atoms with Crippen LogP contribution in [0.15, 0.2) is 18.2 Å². The summed E-state index contributed by atoms with van der Waals surface area (Å²) in [5.74, 6) is 0.336. The molecule has 0 heterocycles. The van der Waals surface area contributed by atoms with Crippen molar-refractivity contribution in [3.8, 4) is 5.75 Å². The van der Waals surface area contributed by atoms with Gasteiger partial charge in [-0.05, 0) is 30.2 Å². The molecule has 0 unspecified atom stereocenters. The molecule has 14 heavy (non-hydrogen) atoms. The number of carbonyl (C=O) groups is 1. The second kappa shape index (κ2) is 4.78. The van der Waals surface area contributed by atoms with E-state index in [9.17, 15) is 4.79 Å². The smallest absolute Gasteiger partial charge is 0.512 e. The maximum atomic E-state index is 10.6. The number of hydrogen-bond donors (Lipinski definition) is 2. The van der Waals surface area contributed by atoms with Crippen LogP contribution >= 0.6 is 0 Å². The number of rotatable bonds is 4. The number of benzene rings is 1. The van der Waals surface area contributed by atoms with Gasteiger partial charge in [0.05, 0.1) is 0 Å². The molecule has 2 N–H and O–H groups in total. The van der Waals surface area contributed by atoms with Crippen molar-refractivity contribution in [2.75, 3.05) is 0 Å². The fraction of sp³-hybridized carbons (Fsp3) is 0.222. The van der Waals surface area contributed by atoms with Gasteiger partial charge in [0.2, 0.25) is 0 Å². The van der Waals surface area contributed by atoms with Crippen LogP contribution in [-0.2, 0) is 6.42 Å². The topological polar surface area (TPSA) is 66.8 Å². The van der Waals surface area contributed by atoms with Gasteiger partial charge in [-0.15, -0.1) is 0 Å². The zero-order chi connectivity index (χ0) is 10.6. The zero-order valence-corrected chi connectivity index (χ0v) is 7.80. The Hall–Kier alpha value is -1.33. The van der Waals surface area contributed by atoms with Gasteiger partial charge >= 0.3 is 7.32 Å². The molecule has 0 saturated heterocycles. The number of aryl methyl sites for hydroxylation is 1. The first-order chi connectivity index (χ1) is 6.67. The van der Waals surface area contributed by atoms with E-state index >= 15 is 0 Å². The predicted molar refractivity (Wildman–Crippen MR) is 52.0 cm³/mol. The van der Waals surface area contributed by atoms with Crippen molar-refractivity contribution in [2.24, 2.45) is 0 Å². The summed E-state index contributed by atoms with van der Waals surface area (Å²) in [5, 5.41) is 17.1. The van der Waals surface area contributed by atoms with Gasteiger partial charge in [0.15, 0.2) is 0 Å². The monoisotopic (exact) mass is 194 g/mol. The lowest BCUT2D eigenvalue weighted by Crippen LogP contribution is -2.20. The largest absolute Gasteiger partial charge is 0.707 e. The van der Waals surface area contributed by atoms with E-state index in [4.69, 9.17) is 10.0 Å². The van der Waals surface area contributed by atoms with Gasteiger partial charge in [-0.3, -0.25) is 4.79 Å². The third-order valence-corrected chi connectivity index (χ3v) is 1.86. The highest BCUT2D eigenvalue weighted by molar-refractivity contribution is 6.33. The first-order valence-electron chi connectivity index (χ1n) is 4.28. The fourth-order valence-electron chi connectivity index (χ4n) is 1.20. The van der Waals surface area contributed by atoms with Gasteiger partial charge in [-0.2, -0.15) is 0 Å². The Morgan fingerprint density at radius 1 is 1.50 bits per heavy atom. The van der Waals surface area contributed by atoms with E-state index in [1.54, 1.807) is 12.1 Å². The van der Waals surface area contributed by atoms with Crippen molar-refractivity contribution in [1.82, 2.24) is 0 Å². The molecule has 0 saturated carbocycles. The highest BCUT2D eigenvalue weighted by Gasteiger charge is 2.11. The Morgan fingerprint density at radius 3 is 2.71 bits per heavy atom. The molecular formula is C9H11BO4. The molecule has 74 valence electrons. The summed E-state index contributed by atoms with van der Waals surface area (Å²) in [6.45, 7) is 1.90. The molecule has 0 aromatic heterocycles. The lowest BCUT2D eigenvalue weighted by atomic mass is 10.1. The van der Waals surface area contributed by atoms with E-state index in [2.05, 4.69) is 4.65 Å². The average Bonchev–Trinajstić information content (AvgIpc) is 2.16. The van der Waals surface area contributed by atoms with Gasteiger partial charge < -0.3 is 14.7 Å². The van der Waals surface area contributed by atoms with Crippen molar-refractivity contribution < 1.29 is 19.5 Å². The minimum Gasteiger partial charge on any atom is -0.512 e. The fourth-order valence-corrected chi connectivity index (χ4v) is 1.20. The summed E-state index contributed by atoms with van der Waals surface area (Å²) in [5.41, 5.74) is 1.41. The molecule has 0 aliphatic heterocycles. The molecule has 0 fully saturated rings. The summed E-state index contributed by atoms with van der Waals surface area (Å²) in [6, 6.07) is 4.72. The molecular weight excluding hydrogens is 183 g/mol. The van der Waals surface area contributed by atoms with Crippen LogP contribution in [0.5, 0.6) is 5.75 Å². The molecule has 0 amide bonds. The summed E-state index contributed by atoms with van der Waals surface area (Å²) in [7, 11) is -1.83. The maximum absolute atomic E-state index is 10.6. The SMILES string of the molecule is CCc1cc(OB(O)O)ccc1C=O. The number of aldehydes is 1. The van der Waals surface area contributed by atoms with E-state index in [0.29, 0.717) is 17.7 Å². The van der Waals surface area contributed by atoms with E-state index in [-0.39, 0.29) is 0 Å². The van der Waals surface area contributed by atoms with Gasteiger partial charge in [0.25, 0.3) is 0 Å². The second-order valence-corrected chi connectivity index (χ2v) is 2.78. The second-order valence-electron chi connectivity index (χ2n) is 2.78. The van der Waals surface area contributed by atoms with Gasteiger partial charge in [0.1, 0.15) is 12.0 Å². The minimum atomic E-state index is -1.83. The van der Waals surface area contributed by atoms with Gasteiger partial charge in [0, 0.05) is 5.56 Å². The van der Waals surface area contributed by atoms with E-state index in [1.165, 1.54) is 6.07 Å². The normalized spacial score (nSPS) is 9.64. The van der Waals surface area contributed by atoms with Crippen LogP contribution in [0.2, 0.25) is 0 Å². The molecule has 4 nitrogen and oxygen atoms in total. The Balaban J connectivity index is 2.95. The van der Waals surface area contributed by atoms with Crippen LogP contribution in [0.4, 0.5) is 0 Å². The van der Waals surface area contributed by atoms with E-state index in [0.717, 1.165) is 11.8 Å². The molecule has 1 aromatic rings. The lowest BCUT2D eigenvalue weighted by molar-refractivity contribution is 0.112.